The molecule has 2 nitrogen and oxygen atoms in total. The summed E-state index contributed by atoms with van der Waals surface area (Å²) in [7, 11) is 0. The van der Waals surface area contributed by atoms with Crippen LogP contribution in [0.25, 0.3) is 0 Å². The molecule has 0 radical (unpaired) electrons. The highest BCUT2D eigenvalue weighted by Gasteiger charge is 2.24. The molecule has 1 aromatic heterocycles. The van der Waals surface area contributed by atoms with Gasteiger partial charge in [-0.25, -0.2) is 4.98 Å². The van der Waals surface area contributed by atoms with E-state index in [4.69, 9.17) is 27.9 Å². The van der Waals surface area contributed by atoms with Crippen LogP contribution in [0.5, 0.6) is 0 Å². The van der Waals surface area contributed by atoms with E-state index >= 15 is 0 Å². The molecule has 1 aromatic rings. The van der Waals surface area contributed by atoms with Crippen molar-refractivity contribution in [3.63, 3.8) is 0 Å². The van der Waals surface area contributed by atoms with Crippen LogP contribution in [-0.4, -0.2) is 22.9 Å². The molecule has 0 bridgehead atoms. The van der Waals surface area contributed by atoms with Gasteiger partial charge in [0, 0.05) is 28.8 Å². The molecule has 0 N–H and O–H groups in total. The summed E-state index contributed by atoms with van der Waals surface area (Å²) in [6, 6.07) is 1.69. The van der Waals surface area contributed by atoms with Gasteiger partial charge in [-0.2, -0.15) is 11.8 Å². The highest BCUT2D eigenvalue weighted by Crippen LogP contribution is 2.31. The Kier molecular flexibility index (Phi) is 4.36. The van der Waals surface area contributed by atoms with E-state index in [1.54, 1.807) is 12.3 Å². The molecular weight excluding hydrogens is 265 g/mol. The van der Waals surface area contributed by atoms with E-state index in [-0.39, 0.29) is 0 Å². The summed E-state index contributed by atoms with van der Waals surface area (Å²) in [5.41, 5.74) is 1.04. The lowest BCUT2D eigenvalue weighted by Crippen LogP contribution is -2.13. The summed E-state index contributed by atoms with van der Waals surface area (Å²) in [5.74, 6) is 0.862. The molecule has 0 saturated carbocycles. The average molecular weight is 278 g/mol. The predicted octanol–water partition coefficient (Wildman–Crippen LogP) is 3.80. The fourth-order valence-corrected chi connectivity index (χ4v) is 3.42. The first-order valence-corrected chi connectivity index (χ1v) is 7.00. The molecule has 2 heterocycles. The van der Waals surface area contributed by atoms with E-state index < -0.39 is 0 Å². The fraction of sp³-hybridized carbons (Fsp3) is 0.545. The number of halogens is 2. The van der Waals surface area contributed by atoms with Gasteiger partial charge in [0.25, 0.3) is 0 Å². The largest absolute Gasteiger partial charge is 0.377 e. The third-order valence-corrected chi connectivity index (χ3v) is 4.74. The Morgan fingerprint density at radius 1 is 1.56 bits per heavy atom. The standard InChI is InChI=1S/C11H13Cl2NOS/c1-7-10(2-3-15-7)16-6-8-5-14-11(13)4-9(8)12/h4-5,7,10H,2-3,6H2,1H3. The summed E-state index contributed by atoms with van der Waals surface area (Å²) >= 11 is 13.7. The zero-order valence-corrected chi connectivity index (χ0v) is 11.3. The van der Waals surface area contributed by atoms with E-state index in [0.29, 0.717) is 21.5 Å². The first-order valence-electron chi connectivity index (χ1n) is 5.20. The zero-order valence-electron chi connectivity index (χ0n) is 8.95. The zero-order chi connectivity index (χ0) is 11.5. The van der Waals surface area contributed by atoms with Gasteiger partial charge in [-0.3, -0.25) is 0 Å². The molecule has 1 saturated heterocycles. The maximum atomic E-state index is 6.08. The van der Waals surface area contributed by atoms with Gasteiger partial charge >= 0.3 is 0 Å². The van der Waals surface area contributed by atoms with Crippen molar-refractivity contribution in [2.45, 2.75) is 30.5 Å². The minimum atomic E-state index is 0.337. The quantitative estimate of drug-likeness (QED) is 0.785. The molecule has 1 aliphatic heterocycles. The molecule has 1 fully saturated rings. The number of hydrogen-bond acceptors (Lipinski definition) is 3. The Bertz CT molecular complexity index is 375. The number of hydrogen-bond donors (Lipinski definition) is 0. The van der Waals surface area contributed by atoms with Gasteiger partial charge in [0.15, 0.2) is 0 Å². The molecule has 0 aliphatic carbocycles. The highest BCUT2D eigenvalue weighted by atomic mass is 35.5. The highest BCUT2D eigenvalue weighted by molar-refractivity contribution is 7.99. The van der Waals surface area contributed by atoms with E-state index in [1.165, 1.54) is 0 Å². The third-order valence-electron chi connectivity index (χ3n) is 2.66. The molecule has 1 aliphatic rings. The summed E-state index contributed by atoms with van der Waals surface area (Å²) < 4.78 is 5.51. The second kappa shape index (κ2) is 5.58. The Morgan fingerprint density at radius 2 is 2.38 bits per heavy atom. The van der Waals surface area contributed by atoms with Crippen LogP contribution in [0.4, 0.5) is 0 Å². The molecule has 2 atom stereocenters. The number of aromatic nitrogens is 1. The van der Waals surface area contributed by atoms with Crippen molar-refractivity contribution >= 4 is 35.0 Å². The van der Waals surface area contributed by atoms with E-state index in [2.05, 4.69) is 11.9 Å². The van der Waals surface area contributed by atoms with Crippen molar-refractivity contribution in [2.75, 3.05) is 6.61 Å². The van der Waals surface area contributed by atoms with Gasteiger partial charge in [-0.1, -0.05) is 23.2 Å². The molecule has 2 unspecified atom stereocenters. The van der Waals surface area contributed by atoms with Gasteiger partial charge in [-0.05, 0) is 25.0 Å². The van der Waals surface area contributed by atoms with Crippen LogP contribution in [0.2, 0.25) is 10.2 Å². The second-order valence-electron chi connectivity index (χ2n) is 3.81. The minimum Gasteiger partial charge on any atom is -0.377 e. The smallest absolute Gasteiger partial charge is 0.130 e. The minimum absolute atomic E-state index is 0.337. The number of ether oxygens (including phenoxy) is 1. The summed E-state index contributed by atoms with van der Waals surface area (Å²) in [5, 5.41) is 1.70. The molecule has 0 amide bonds. The van der Waals surface area contributed by atoms with Crippen LogP contribution in [0.3, 0.4) is 0 Å². The molecule has 16 heavy (non-hydrogen) atoms. The SMILES string of the molecule is CC1OCCC1SCc1cnc(Cl)cc1Cl. The van der Waals surface area contributed by atoms with Gasteiger partial charge < -0.3 is 4.74 Å². The van der Waals surface area contributed by atoms with Crippen molar-refractivity contribution < 1.29 is 4.74 Å². The molecule has 88 valence electrons. The molecule has 2 rings (SSSR count). The summed E-state index contributed by atoms with van der Waals surface area (Å²) in [6.45, 7) is 2.98. The maximum absolute atomic E-state index is 6.08. The van der Waals surface area contributed by atoms with Gasteiger partial charge in [0.2, 0.25) is 0 Å². The van der Waals surface area contributed by atoms with Crippen molar-refractivity contribution in [3.8, 4) is 0 Å². The van der Waals surface area contributed by atoms with Crippen molar-refractivity contribution in [2.24, 2.45) is 0 Å². The monoisotopic (exact) mass is 277 g/mol. The number of pyridine rings is 1. The first-order chi connectivity index (χ1) is 7.66. The number of rotatable bonds is 3. The van der Waals surface area contributed by atoms with Crippen molar-refractivity contribution in [1.29, 1.82) is 0 Å². The Morgan fingerprint density at radius 3 is 3.00 bits per heavy atom. The van der Waals surface area contributed by atoms with Gasteiger partial charge in [-0.15, -0.1) is 0 Å². The van der Waals surface area contributed by atoms with Crippen molar-refractivity contribution in [3.05, 3.63) is 28.0 Å². The Hall–Kier alpha value is 0.0400. The van der Waals surface area contributed by atoms with Gasteiger partial charge in [0.1, 0.15) is 5.15 Å². The lowest BCUT2D eigenvalue weighted by atomic mass is 10.3. The number of thioether (sulfide) groups is 1. The lowest BCUT2D eigenvalue weighted by Gasteiger charge is -2.13. The lowest BCUT2D eigenvalue weighted by molar-refractivity contribution is 0.127. The summed E-state index contributed by atoms with van der Waals surface area (Å²) in [4.78, 5) is 4.04. The fourth-order valence-electron chi connectivity index (χ4n) is 1.67. The van der Waals surface area contributed by atoms with E-state index in [9.17, 15) is 0 Å². The van der Waals surface area contributed by atoms with Crippen molar-refractivity contribution in [1.82, 2.24) is 4.98 Å². The van der Waals surface area contributed by atoms with Crippen LogP contribution in [-0.2, 0) is 10.5 Å². The molecule has 5 heteroatoms. The van der Waals surface area contributed by atoms with Crippen LogP contribution < -0.4 is 0 Å². The number of nitrogens with zero attached hydrogens (tertiary/aromatic N) is 1. The van der Waals surface area contributed by atoms with Crippen LogP contribution in [0.1, 0.15) is 18.9 Å². The van der Waals surface area contributed by atoms with Crippen LogP contribution in [0.15, 0.2) is 12.3 Å². The first kappa shape index (κ1) is 12.5. The molecule has 0 aromatic carbocycles. The Labute approximate surface area is 110 Å². The molecular formula is C11H13Cl2NOS. The van der Waals surface area contributed by atoms with Gasteiger partial charge in [0.05, 0.1) is 6.10 Å². The normalized spacial score (nSPS) is 24.9. The summed E-state index contributed by atoms with van der Waals surface area (Å²) in [6.07, 6.45) is 3.20. The van der Waals surface area contributed by atoms with E-state index in [1.807, 2.05) is 11.8 Å². The topological polar surface area (TPSA) is 22.1 Å². The Balaban J connectivity index is 1.94. The maximum Gasteiger partial charge on any atom is 0.130 e. The average Bonchev–Trinajstić information content (AvgIpc) is 2.63. The third kappa shape index (κ3) is 3.04. The van der Waals surface area contributed by atoms with Crippen LogP contribution >= 0.6 is 35.0 Å². The second-order valence-corrected chi connectivity index (χ2v) is 5.83. The molecule has 0 spiro atoms. The predicted molar refractivity (Wildman–Crippen MR) is 69.4 cm³/mol. The van der Waals surface area contributed by atoms with Crippen LogP contribution in [0, 0.1) is 0 Å². The van der Waals surface area contributed by atoms with E-state index in [0.717, 1.165) is 24.3 Å².